The third-order valence-electron chi connectivity index (χ3n) is 5.00. The zero-order valence-electron chi connectivity index (χ0n) is 15.4. The summed E-state index contributed by atoms with van der Waals surface area (Å²) in [6.45, 7) is -0.0172. The summed E-state index contributed by atoms with van der Waals surface area (Å²) in [7, 11) is 0. The molecule has 0 aliphatic carbocycles. The molecule has 2 aliphatic rings. The minimum absolute atomic E-state index is 0.0914. The average Bonchev–Trinajstić information content (AvgIpc) is 2.76. The molecule has 0 radical (unpaired) electrons. The lowest BCUT2D eigenvalue weighted by atomic mass is 9.98. The SMILES string of the molecule is O=[N+]([O-])c1ccccc1CO[C@@H]1O[C@@H]2COC(c3ccccc3)O[C@H]2[C@H](O)[C@H]1O. The molecule has 9 nitrogen and oxygen atoms in total. The average molecular weight is 403 g/mol. The largest absolute Gasteiger partial charge is 0.387 e. The van der Waals surface area contributed by atoms with Gasteiger partial charge in [-0.05, 0) is 6.07 Å². The van der Waals surface area contributed by atoms with Crippen LogP contribution in [0.4, 0.5) is 5.69 Å². The molecule has 0 spiro atoms. The molecule has 0 saturated carbocycles. The van der Waals surface area contributed by atoms with Crippen molar-refractivity contribution < 1.29 is 34.1 Å². The molecule has 0 amide bonds. The second-order valence-electron chi connectivity index (χ2n) is 6.90. The number of fused-ring (bicyclic) bond motifs is 1. The molecule has 29 heavy (non-hydrogen) atoms. The highest BCUT2D eigenvalue weighted by Crippen LogP contribution is 2.34. The van der Waals surface area contributed by atoms with Crippen molar-refractivity contribution >= 4 is 5.69 Å². The fourth-order valence-corrected chi connectivity index (χ4v) is 3.48. The van der Waals surface area contributed by atoms with E-state index in [4.69, 9.17) is 18.9 Å². The number of nitrogens with zero attached hydrogens (tertiary/aromatic N) is 1. The van der Waals surface area contributed by atoms with E-state index in [1.165, 1.54) is 6.07 Å². The molecule has 4 rings (SSSR count). The number of para-hydroxylation sites is 1. The van der Waals surface area contributed by atoms with E-state index in [2.05, 4.69) is 0 Å². The predicted octanol–water partition coefficient (Wildman–Crippen LogP) is 1.67. The highest BCUT2D eigenvalue weighted by atomic mass is 16.8. The van der Waals surface area contributed by atoms with Crippen molar-refractivity contribution in [2.45, 2.75) is 43.6 Å². The summed E-state index contributed by atoms with van der Waals surface area (Å²) in [5.74, 6) is 0. The van der Waals surface area contributed by atoms with Gasteiger partial charge in [-0.25, -0.2) is 0 Å². The predicted molar refractivity (Wildman–Crippen MR) is 98.6 cm³/mol. The molecular formula is C20H21NO8. The number of nitro groups is 1. The molecule has 2 N–H and O–H groups in total. The summed E-state index contributed by atoms with van der Waals surface area (Å²) < 4.78 is 22.8. The number of rotatable bonds is 5. The van der Waals surface area contributed by atoms with Crippen molar-refractivity contribution in [2.24, 2.45) is 0 Å². The Bertz CT molecular complexity index is 845. The second kappa shape index (κ2) is 8.54. The van der Waals surface area contributed by atoms with Gasteiger partial charge in [-0.2, -0.15) is 0 Å². The number of ether oxygens (including phenoxy) is 4. The van der Waals surface area contributed by atoms with Crippen molar-refractivity contribution in [2.75, 3.05) is 6.61 Å². The first kappa shape index (κ1) is 19.9. The highest BCUT2D eigenvalue weighted by Gasteiger charge is 2.49. The molecule has 1 unspecified atom stereocenters. The Labute approximate surface area is 166 Å². The van der Waals surface area contributed by atoms with Gasteiger partial charge >= 0.3 is 0 Å². The minimum atomic E-state index is -1.38. The summed E-state index contributed by atoms with van der Waals surface area (Å²) in [5.41, 5.74) is 1.04. The van der Waals surface area contributed by atoms with E-state index >= 15 is 0 Å². The van der Waals surface area contributed by atoms with Crippen LogP contribution in [0.5, 0.6) is 0 Å². The van der Waals surface area contributed by atoms with Crippen LogP contribution in [0, 0.1) is 10.1 Å². The van der Waals surface area contributed by atoms with Crippen LogP contribution in [0.2, 0.25) is 0 Å². The summed E-state index contributed by atoms with van der Waals surface area (Å²) >= 11 is 0. The number of hydrogen-bond donors (Lipinski definition) is 2. The molecule has 2 fully saturated rings. The van der Waals surface area contributed by atoms with Gasteiger partial charge in [0.15, 0.2) is 12.6 Å². The summed E-state index contributed by atoms with van der Waals surface area (Å²) in [6, 6.07) is 15.4. The maximum atomic E-state index is 11.1. The first-order valence-corrected chi connectivity index (χ1v) is 9.22. The van der Waals surface area contributed by atoms with Crippen LogP contribution in [0.1, 0.15) is 17.4 Å². The van der Waals surface area contributed by atoms with E-state index in [0.717, 1.165) is 5.56 Å². The summed E-state index contributed by atoms with van der Waals surface area (Å²) in [4.78, 5) is 10.6. The number of hydrogen-bond acceptors (Lipinski definition) is 8. The Kier molecular flexibility index (Phi) is 5.86. The molecule has 2 heterocycles. The fraction of sp³-hybridized carbons (Fsp3) is 0.400. The van der Waals surface area contributed by atoms with E-state index in [9.17, 15) is 20.3 Å². The zero-order valence-corrected chi connectivity index (χ0v) is 15.4. The first-order chi connectivity index (χ1) is 14.0. The van der Waals surface area contributed by atoms with E-state index in [1.807, 2.05) is 30.3 Å². The molecule has 2 aromatic rings. The summed E-state index contributed by atoms with van der Waals surface area (Å²) in [6.07, 6.45) is -5.94. The standard InChI is InChI=1S/C20H21NO8/c22-16-17(23)20(26-10-13-8-4-5-9-14(13)21(24)25)28-15-11-27-19(29-18(15)16)12-6-2-1-3-7-12/h1-9,15-20,22-23H,10-11H2/t15-,16-,17-,18-,19?,20-/m1/s1. The quantitative estimate of drug-likeness (QED) is 0.571. The monoisotopic (exact) mass is 403 g/mol. The van der Waals surface area contributed by atoms with Crippen LogP contribution < -0.4 is 0 Å². The van der Waals surface area contributed by atoms with Crippen LogP contribution in [-0.4, -0.2) is 52.4 Å². The molecule has 2 saturated heterocycles. The Balaban J connectivity index is 1.41. The number of aliphatic hydroxyl groups is 2. The topological polar surface area (TPSA) is 121 Å². The molecule has 6 atom stereocenters. The molecule has 0 bridgehead atoms. The van der Waals surface area contributed by atoms with Gasteiger partial charge in [-0.1, -0.05) is 42.5 Å². The van der Waals surface area contributed by atoms with Gasteiger partial charge in [0, 0.05) is 11.6 Å². The molecule has 9 heteroatoms. The Hall–Kier alpha value is -2.40. The molecule has 2 aromatic carbocycles. The molecular weight excluding hydrogens is 382 g/mol. The van der Waals surface area contributed by atoms with Crippen LogP contribution in [0.25, 0.3) is 0 Å². The van der Waals surface area contributed by atoms with Crippen LogP contribution in [0.15, 0.2) is 54.6 Å². The fourth-order valence-electron chi connectivity index (χ4n) is 3.48. The Morgan fingerprint density at radius 3 is 2.52 bits per heavy atom. The second-order valence-corrected chi connectivity index (χ2v) is 6.90. The van der Waals surface area contributed by atoms with Crippen molar-refractivity contribution in [3.63, 3.8) is 0 Å². The van der Waals surface area contributed by atoms with Gasteiger partial charge in [0.05, 0.1) is 23.7 Å². The van der Waals surface area contributed by atoms with Gasteiger partial charge < -0.3 is 29.2 Å². The smallest absolute Gasteiger partial charge is 0.274 e. The van der Waals surface area contributed by atoms with Crippen LogP contribution in [-0.2, 0) is 25.6 Å². The van der Waals surface area contributed by atoms with Crippen molar-refractivity contribution in [1.82, 2.24) is 0 Å². The Morgan fingerprint density at radius 1 is 1.03 bits per heavy atom. The summed E-state index contributed by atoms with van der Waals surface area (Å²) in [5, 5.41) is 32.1. The molecule has 154 valence electrons. The third-order valence-corrected chi connectivity index (χ3v) is 5.00. The van der Waals surface area contributed by atoms with E-state index < -0.39 is 41.9 Å². The lowest BCUT2D eigenvalue weighted by molar-refractivity contribution is -0.387. The minimum Gasteiger partial charge on any atom is -0.387 e. The first-order valence-electron chi connectivity index (χ1n) is 9.22. The van der Waals surface area contributed by atoms with Crippen LogP contribution in [0.3, 0.4) is 0 Å². The number of aliphatic hydroxyl groups excluding tert-OH is 2. The lowest BCUT2D eigenvalue weighted by Crippen LogP contribution is -2.62. The highest BCUT2D eigenvalue weighted by molar-refractivity contribution is 5.39. The Morgan fingerprint density at radius 2 is 1.76 bits per heavy atom. The van der Waals surface area contributed by atoms with E-state index in [-0.39, 0.29) is 18.9 Å². The zero-order chi connectivity index (χ0) is 20.4. The lowest BCUT2D eigenvalue weighted by Gasteiger charge is -2.46. The van der Waals surface area contributed by atoms with E-state index in [1.54, 1.807) is 18.2 Å². The number of nitro benzene ring substituents is 1. The van der Waals surface area contributed by atoms with Gasteiger partial charge in [-0.3, -0.25) is 10.1 Å². The maximum absolute atomic E-state index is 11.1. The van der Waals surface area contributed by atoms with E-state index in [0.29, 0.717) is 5.56 Å². The van der Waals surface area contributed by atoms with Gasteiger partial charge in [0.25, 0.3) is 5.69 Å². The molecule has 0 aromatic heterocycles. The van der Waals surface area contributed by atoms with Crippen molar-refractivity contribution in [1.29, 1.82) is 0 Å². The van der Waals surface area contributed by atoms with Crippen molar-refractivity contribution in [3.05, 3.63) is 75.8 Å². The van der Waals surface area contributed by atoms with Gasteiger partial charge in [0.2, 0.25) is 0 Å². The maximum Gasteiger partial charge on any atom is 0.274 e. The normalized spacial score (nSPS) is 31.8. The van der Waals surface area contributed by atoms with Gasteiger partial charge in [-0.15, -0.1) is 0 Å². The van der Waals surface area contributed by atoms with Crippen molar-refractivity contribution in [3.8, 4) is 0 Å². The molecule has 2 aliphatic heterocycles. The van der Waals surface area contributed by atoms with Crippen LogP contribution >= 0.6 is 0 Å². The number of benzene rings is 2. The third kappa shape index (κ3) is 4.15. The van der Waals surface area contributed by atoms with Gasteiger partial charge in [0.1, 0.15) is 24.4 Å².